The first-order valence-electron chi connectivity index (χ1n) is 7.35. The number of aryl methyl sites for hydroxylation is 1. The number of aromatic amines is 1. The van der Waals surface area contributed by atoms with E-state index >= 15 is 0 Å². The van der Waals surface area contributed by atoms with E-state index in [2.05, 4.69) is 45.4 Å². The van der Waals surface area contributed by atoms with E-state index in [0.29, 0.717) is 0 Å². The molecule has 0 saturated heterocycles. The van der Waals surface area contributed by atoms with Crippen molar-refractivity contribution in [3.05, 3.63) is 47.5 Å². The van der Waals surface area contributed by atoms with Gasteiger partial charge in [0.15, 0.2) is 0 Å². The van der Waals surface area contributed by atoms with Crippen LogP contribution in [0.2, 0.25) is 0 Å². The van der Waals surface area contributed by atoms with Gasteiger partial charge in [0.05, 0.1) is 0 Å². The summed E-state index contributed by atoms with van der Waals surface area (Å²) in [5.41, 5.74) is 4.26. The molecule has 0 bridgehead atoms. The van der Waals surface area contributed by atoms with Crippen LogP contribution in [-0.4, -0.2) is 30.1 Å². The first kappa shape index (κ1) is 13.2. The Morgan fingerprint density at radius 1 is 1.40 bits per heavy atom. The largest absolute Gasteiger partial charge is 0.374 e. The van der Waals surface area contributed by atoms with Crippen LogP contribution in [0.5, 0.6) is 0 Å². The van der Waals surface area contributed by atoms with Crippen LogP contribution in [-0.2, 0) is 19.4 Å². The van der Waals surface area contributed by atoms with E-state index in [0.717, 1.165) is 25.3 Å². The van der Waals surface area contributed by atoms with Crippen LogP contribution in [0.15, 0.2) is 30.6 Å². The molecule has 4 heteroatoms. The van der Waals surface area contributed by atoms with E-state index in [-0.39, 0.29) is 0 Å². The fourth-order valence-electron chi connectivity index (χ4n) is 2.82. The van der Waals surface area contributed by atoms with Gasteiger partial charge in [-0.25, -0.2) is 4.98 Å². The Morgan fingerprint density at radius 2 is 2.35 bits per heavy atom. The highest BCUT2D eigenvalue weighted by Gasteiger charge is 2.13. The van der Waals surface area contributed by atoms with Crippen molar-refractivity contribution in [2.45, 2.75) is 25.8 Å². The Kier molecular flexibility index (Phi) is 4.02. The van der Waals surface area contributed by atoms with Crippen LogP contribution in [0, 0.1) is 0 Å². The zero-order valence-corrected chi connectivity index (χ0v) is 12.0. The molecule has 0 radical (unpaired) electrons. The summed E-state index contributed by atoms with van der Waals surface area (Å²) in [6.45, 7) is 3.05. The lowest BCUT2D eigenvalue weighted by Gasteiger charge is -2.27. The van der Waals surface area contributed by atoms with Gasteiger partial charge in [-0.05, 0) is 30.0 Å². The van der Waals surface area contributed by atoms with Gasteiger partial charge in [0.25, 0.3) is 0 Å². The number of benzene rings is 1. The number of rotatable bonds is 5. The summed E-state index contributed by atoms with van der Waals surface area (Å²) in [6, 6.07) is 6.85. The molecule has 0 saturated carbocycles. The zero-order valence-electron chi connectivity index (χ0n) is 12.0. The van der Waals surface area contributed by atoms with Crippen LogP contribution in [0.4, 0.5) is 5.69 Å². The van der Waals surface area contributed by atoms with Gasteiger partial charge in [-0.15, -0.1) is 0 Å². The van der Waals surface area contributed by atoms with E-state index in [9.17, 15) is 0 Å². The fraction of sp³-hybridized carbons (Fsp3) is 0.438. The number of aromatic nitrogens is 2. The van der Waals surface area contributed by atoms with Gasteiger partial charge < -0.3 is 15.2 Å². The number of anilines is 1. The number of hydrogen-bond donors (Lipinski definition) is 2. The van der Waals surface area contributed by atoms with Gasteiger partial charge in [-0.1, -0.05) is 12.1 Å². The lowest BCUT2D eigenvalue weighted by molar-refractivity contribution is 0.671. The van der Waals surface area contributed by atoms with E-state index in [4.69, 9.17) is 0 Å². The lowest BCUT2D eigenvalue weighted by atomic mass is 9.99. The monoisotopic (exact) mass is 270 g/mol. The molecule has 2 aromatic rings. The molecule has 1 aliphatic rings. The summed E-state index contributed by atoms with van der Waals surface area (Å²) in [5, 5.41) is 3.48. The molecule has 1 aliphatic heterocycles. The lowest BCUT2D eigenvalue weighted by Crippen LogP contribution is -2.25. The first-order chi connectivity index (χ1) is 9.83. The molecule has 2 N–H and O–H groups in total. The Morgan fingerprint density at radius 3 is 3.20 bits per heavy atom. The minimum atomic E-state index is 0.928. The minimum Gasteiger partial charge on any atom is -0.374 e. The maximum atomic E-state index is 4.23. The molecule has 20 heavy (non-hydrogen) atoms. The highest BCUT2D eigenvalue weighted by molar-refractivity contribution is 5.56. The second-order valence-electron chi connectivity index (χ2n) is 5.45. The average Bonchev–Trinajstić information content (AvgIpc) is 2.97. The summed E-state index contributed by atoms with van der Waals surface area (Å²) in [5.74, 6) is 1.05. The third kappa shape index (κ3) is 3.02. The third-order valence-electron chi connectivity index (χ3n) is 3.92. The summed E-state index contributed by atoms with van der Waals surface area (Å²) in [4.78, 5) is 9.70. The number of imidazole rings is 1. The van der Waals surface area contributed by atoms with Gasteiger partial charge >= 0.3 is 0 Å². The molecular formula is C16H22N4. The Labute approximate surface area is 120 Å². The van der Waals surface area contributed by atoms with Gasteiger partial charge in [-0.2, -0.15) is 0 Å². The highest BCUT2D eigenvalue weighted by atomic mass is 15.1. The molecule has 0 unspecified atom stereocenters. The second kappa shape index (κ2) is 6.09. The summed E-state index contributed by atoms with van der Waals surface area (Å²) < 4.78 is 0. The molecule has 3 rings (SSSR count). The zero-order chi connectivity index (χ0) is 13.8. The van der Waals surface area contributed by atoms with Crippen molar-refractivity contribution in [1.29, 1.82) is 0 Å². The molecule has 1 aromatic carbocycles. The van der Waals surface area contributed by atoms with Crippen LogP contribution in [0.1, 0.15) is 23.4 Å². The normalized spacial score (nSPS) is 14.3. The first-order valence-corrected chi connectivity index (χ1v) is 7.35. The van der Waals surface area contributed by atoms with Crippen molar-refractivity contribution in [3.63, 3.8) is 0 Å². The average molecular weight is 270 g/mol. The molecule has 0 fully saturated rings. The molecule has 1 aromatic heterocycles. The van der Waals surface area contributed by atoms with Crippen molar-refractivity contribution < 1.29 is 0 Å². The van der Waals surface area contributed by atoms with Crippen LogP contribution < -0.4 is 10.2 Å². The highest BCUT2D eigenvalue weighted by Crippen LogP contribution is 2.26. The number of nitrogens with one attached hydrogen (secondary N) is 2. The van der Waals surface area contributed by atoms with Crippen molar-refractivity contribution in [3.8, 4) is 0 Å². The predicted molar refractivity (Wildman–Crippen MR) is 82.0 cm³/mol. The Bertz CT molecular complexity index is 548. The summed E-state index contributed by atoms with van der Waals surface area (Å²) in [6.07, 6.45) is 7.09. The summed E-state index contributed by atoms with van der Waals surface area (Å²) >= 11 is 0. The number of hydrogen-bond acceptors (Lipinski definition) is 3. The Balaban J connectivity index is 1.53. The Hall–Kier alpha value is -1.81. The molecule has 106 valence electrons. The standard InChI is InChI=1S/C16H22N4/c1-20-10-2-3-14-11-13(4-5-15(14)20)12-17-7-6-16-18-8-9-19-16/h4-5,8-9,11,17H,2-3,6-7,10,12H2,1H3,(H,18,19). The number of H-pyrrole nitrogens is 1. The molecule has 4 nitrogen and oxygen atoms in total. The maximum Gasteiger partial charge on any atom is 0.107 e. The SMILES string of the molecule is CN1CCCc2cc(CNCCc3ncc[nH]3)ccc21. The maximum absolute atomic E-state index is 4.23. The summed E-state index contributed by atoms with van der Waals surface area (Å²) in [7, 11) is 2.18. The second-order valence-corrected chi connectivity index (χ2v) is 5.45. The predicted octanol–water partition coefficient (Wildman–Crippen LogP) is 2.12. The number of nitrogens with zero attached hydrogens (tertiary/aromatic N) is 2. The molecule has 0 atom stereocenters. The van der Waals surface area contributed by atoms with E-state index < -0.39 is 0 Å². The molecule has 0 aliphatic carbocycles. The van der Waals surface area contributed by atoms with E-state index in [1.54, 1.807) is 6.20 Å². The van der Waals surface area contributed by atoms with Crippen LogP contribution >= 0.6 is 0 Å². The van der Waals surface area contributed by atoms with Gasteiger partial charge in [-0.3, -0.25) is 0 Å². The minimum absolute atomic E-state index is 0.928. The molecule has 0 spiro atoms. The molecular weight excluding hydrogens is 248 g/mol. The number of fused-ring (bicyclic) bond motifs is 1. The van der Waals surface area contributed by atoms with Crippen molar-refractivity contribution in [1.82, 2.24) is 15.3 Å². The smallest absolute Gasteiger partial charge is 0.107 e. The van der Waals surface area contributed by atoms with Crippen molar-refractivity contribution >= 4 is 5.69 Å². The quantitative estimate of drug-likeness (QED) is 0.818. The van der Waals surface area contributed by atoms with Gasteiger partial charge in [0.2, 0.25) is 0 Å². The topological polar surface area (TPSA) is 44.0 Å². The van der Waals surface area contributed by atoms with Crippen molar-refractivity contribution in [2.75, 3.05) is 25.0 Å². The van der Waals surface area contributed by atoms with Crippen molar-refractivity contribution in [2.24, 2.45) is 0 Å². The molecule has 2 heterocycles. The van der Waals surface area contributed by atoms with Gasteiger partial charge in [0.1, 0.15) is 5.82 Å². The van der Waals surface area contributed by atoms with Crippen LogP contribution in [0.25, 0.3) is 0 Å². The fourth-order valence-corrected chi connectivity index (χ4v) is 2.82. The third-order valence-corrected chi connectivity index (χ3v) is 3.92. The van der Waals surface area contributed by atoms with E-state index in [1.807, 2.05) is 6.20 Å². The molecule has 0 amide bonds. The van der Waals surface area contributed by atoms with E-state index in [1.165, 1.54) is 36.2 Å². The van der Waals surface area contributed by atoms with Crippen LogP contribution in [0.3, 0.4) is 0 Å². The van der Waals surface area contributed by atoms with Gasteiger partial charge in [0, 0.05) is 51.2 Å².